The molecule has 1 unspecified atom stereocenters. The first kappa shape index (κ1) is 13.3. The number of pyridine rings is 1. The largest absolute Gasteiger partial charge is 0.477 e. The van der Waals surface area contributed by atoms with Crippen LogP contribution in [0.15, 0.2) is 42.6 Å². The predicted molar refractivity (Wildman–Crippen MR) is 76.4 cm³/mol. The summed E-state index contributed by atoms with van der Waals surface area (Å²) in [5.41, 5.74) is 2.79. The van der Waals surface area contributed by atoms with Gasteiger partial charge in [0.05, 0.1) is 0 Å². The van der Waals surface area contributed by atoms with Crippen molar-refractivity contribution in [3.05, 3.63) is 65.0 Å². The number of amides is 1. The first-order chi connectivity index (χ1) is 10.1. The molecule has 1 aromatic heterocycles. The molecule has 2 aromatic rings. The van der Waals surface area contributed by atoms with Gasteiger partial charge in [-0.3, -0.25) is 4.79 Å². The van der Waals surface area contributed by atoms with Crippen LogP contribution in [0, 0.1) is 0 Å². The summed E-state index contributed by atoms with van der Waals surface area (Å²) in [6, 6.07) is 11.0. The Balaban J connectivity index is 1.63. The van der Waals surface area contributed by atoms with Crippen molar-refractivity contribution in [1.82, 2.24) is 10.3 Å². The second-order valence-electron chi connectivity index (χ2n) is 5.04. The van der Waals surface area contributed by atoms with Gasteiger partial charge in [-0.15, -0.1) is 0 Å². The quantitative estimate of drug-likeness (QED) is 0.897. The fourth-order valence-electron chi connectivity index (χ4n) is 2.55. The molecule has 1 atom stereocenters. The number of hydrogen-bond acceptors (Lipinski definition) is 3. The first-order valence-electron chi connectivity index (χ1n) is 6.70. The van der Waals surface area contributed by atoms with Gasteiger partial charge in [0.1, 0.15) is 5.69 Å². The number of benzene rings is 1. The van der Waals surface area contributed by atoms with Gasteiger partial charge in [-0.1, -0.05) is 24.3 Å². The van der Waals surface area contributed by atoms with Crippen LogP contribution < -0.4 is 5.32 Å². The monoisotopic (exact) mass is 282 g/mol. The Morgan fingerprint density at radius 2 is 2.10 bits per heavy atom. The van der Waals surface area contributed by atoms with Crippen molar-refractivity contribution in [2.45, 2.75) is 12.3 Å². The van der Waals surface area contributed by atoms with E-state index in [-0.39, 0.29) is 11.6 Å². The standard InChI is InChI=1S/C16H14N2O3/c19-15(11-5-6-17-14(8-11)16(20)21)18-9-12-7-10-3-1-2-4-13(10)12/h1-6,8,12H,7,9H2,(H,18,19)(H,20,21). The molecule has 0 spiro atoms. The zero-order valence-corrected chi connectivity index (χ0v) is 11.2. The number of aromatic nitrogens is 1. The van der Waals surface area contributed by atoms with Gasteiger partial charge in [0.2, 0.25) is 0 Å². The lowest BCUT2D eigenvalue weighted by atomic mass is 9.77. The van der Waals surface area contributed by atoms with Gasteiger partial charge < -0.3 is 10.4 Å². The maximum Gasteiger partial charge on any atom is 0.354 e. The highest BCUT2D eigenvalue weighted by Crippen LogP contribution is 2.33. The molecule has 0 fully saturated rings. The summed E-state index contributed by atoms with van der Waals surface area (Å²) in [7, 11) is 0. The molecule has 0 bridgehead atoms. The number of carbonyl (C=O) groups is 2. The third kappa shape index (κ3) is 2.63. The normalized spacial score (nSPS) is 15.7. The van der Waals surface area contributed by atoms with Crippen LogP contribution in [-0.4, -0.2) is 28.5 Å². The Morgan fingerprint density at radius 3 is 2.86 bits per heavy atom. The highest BCUT2D eigenvalue weighted by atomic mass is 16.4. The number of carboxylic acid groups (broad SMARTS) is 1. The van der Waals surface area contributed by atoms with Crippen LogP contribution in [-0.2, 0) is 6.42 Å². The van der Waals surface area contributed by atoms with Crippen molar-refractivity contribution in [3.8, 4) is 0 Å². The molecule has 21 heavy (non-hydrogen) atoms. The topological polar surface area (TPSA) is 79.3 Å². The smallest absolute Gasteiger partial charge is 0.354 e. The summed E-state index contributed by atoms with van der Waals surface area (Å²) in [6.07, 6.45) is 2.30. The Morgan fingerprint density at radius 1 is 1.29 bits per heavy atom. The fraction of sp³-hybridized carbons (Fsp3) is 0.188. The Bertz CT molecular complexity index is 712. The number of hydrogen-bond donors (Lipinski definition) is 2. The Labute approximate surface area is 121 Å². The van der Waals surface area contributed by atoms with Crippen molar-refractivity contribution in [3.63, 3.8) is 0 Å². The van der Waals surface area contributed by atoms with E-state index in [9.17, 15) is 9.59 Å². The summed E-state index contributed by atoms with van der Waals surface area (Å²) in [4.78, 5) is 26.6. The molecular formula is C16H14N2O3. The summed E-state index contributed by atoms with van der Waals surface area (Å²) >= 11 is 0. The molecular weight excluding hydrogens is 268 g/mol. The van der Waals surface area contributed by atoms with Gasteiger partial charge in [-0.05, 0) is 29.7 Å². The van der Waals surface area contributed by atoms with Crippen LogP contribution in [0.2, 0.25) is 0 Å². The summed E-state index contributed by atoms with van der Waals surface area (Å²) in [5.74, 6) is -1.08. The van der Waals surface area contributed by atoms with E-state index >= 15 is 0 Å². The SMILES string of the molecule is O=C(NCC1Cc2ccccc21)c1ccnc(C(=O)O)c1. The van der Waals surface area contributed by atoms with Crippen LogP contribution >= 0.6 is 0 Å². The lowest BCUT2D eigenvalue weighted by Crippen LogP contribution is -2.33. The van der Waals surface area contributed by atoms with Gasteiger partial charge in [0.15, 0.2) is 0 Å². The number of rotatable bonds is 4. The maximum atomic E-state index is 12.0. The number of nitrogens with one attached hydrogen (secondary N) is 1. The van der Waals surface area contributed by atoms with E-state index in [4.69, 9.17) is 5.11 Å². The molecule has 106 valence electrons. The van der Waals surface area contributed by atoms with Crippen molar-refractivity contribution < 1.29 is 14.7 Å². The minimum Gasteiger partial charge on any atom is -0.477 e. The second kappa shape index (κ2) is 5.36. The van der Waals surface area contributed by atoms with Crippen molar-refractivity contribution >= 4 is 11.9 Å². The van der Waals surface area contributed by atoms with Gasteiger partial charge in [0, 0.05) is 24.2 Å². The molecule has 0 saturated carbocycles. The van der Waals surface area contributed by atoms with Gasteiger partial charge in [-0.2, -0.15) is 0 Å². The molecule has 0 saturated heterocycles. The van der Waals surface area contributed by atoms with Crippen LogP contribution in [0.1, 0.15) is 37.9 Å². The third-order valence-electron chi connectivity index (χ3n) is 3.71. The zero-order valence-electron chi connectivity index (χ0n) is 11.2. The Hall–Kier alpha value is -2.69. The molecule has 0 aliphatic heterocycles. The molecule has 0 radical (unpaired) electrons. The first-order valence-corrected chi connectivity index (χ1v) is 6.70. The molecule has 5 heteroatoms. The number of aromatic carboxylic acids is 1. The zero-order chi connectivity index (χ0) is 14.8. The van der Waals surface area contributed by atoms with Crippen LogP contribution in [0.5, 0.6) is 0 Å². The molecule has 1 aliphatic rings. The van der Waals surface area contributed by atoms with Crippen LogP contribution in [0.3, 0.4) is 0 Å². The molecule has 1 aromatic carbocycles. The van der Waals surface area contributed by atoms with E-state index in [0.29, 0.717) is 18.0 Å². The Kier molecular flexibility index (Phi) is 3.39. The number of nitrogens with zero attached hydrogens (tertiary/aromatic N) is 1. The van der Waals surface area contributed by atoms with E-state index < -0.39 is 5.97 Å². The highest BCUT2D eigenvalue weighted by Gasteiger charge is 2.25. The minimum absolute atomic E-state index is 0.128. The lowest BCUT2D eigenvalue weighted by molar-refractivity contribution is 0.0690. The molecule has 2 N–H and O–H groups in total. The predicted octanol–water partition coefficient (Wildman–Crippen LogP) is 1.85. The molecule has 1 aliphatic carbocycles. The number of carbonyl (C=O) groups excluding carboxylic acids is 1. The van der Waals surface area contributed by atoms with E-state index in [0.717, 1.165) is 6.42 Å². The fourth-order valence-corrected chi connectivity index (χ4v) is 2.55. The van der Waals surface area contributed by atoms with Crippen molar-refractivity contribution in [1.29, 1.82) is 0 Å². The van der Waals surface area contributed by atoms with E-state index in [1.165, 1.54) is 29.5 Å². The average molecular weight is 282 g/mol. The minimum atomic E-state index is -1.14. The van der Waals surface area contributed by atoms with Crippen LogP contribution in [0.4, 0.5) is 0 Å². The van der Waals surface area contributed by atoms with E-state index in [1.54, 1.807) is 0 Å². The highest BCUT2D eigenvalue weighted by molar-refractivity contribution is 5.96. The van der Waals surface area contributed by atoms with Crippen molar-refractivity contribution in [2.75, 3.05) is 6.54 Å². The maximum absolute atomic E-state index is 12.0. The third-order valence-corrected chi connectivity index (χ3v) is 3.71. The summed E-state index contributed by atoms with van der Waals surface area (Å²) in [5, 5.41) is 11.7. The summed E-state index contributed by atoms with van der Waals surface area (Å²) < 4.78 is 0. The molecule has 1 heterocycles. The van der Waals surface area contributed by atoms with Gasteiger partial charge in [-0.25, -0.2) is 9.78 Å². The van der Waals surface area contributed by atoms with Crippen molar-refractivity contribution in [2.24, 2.45) is 0 Å². The van der Waals surface area contributed by atoms with Crippen LogP contribution in [0.25, 0.3) is 0 Å². The van der Waals surface area contributed by atoms with E-state index in [2.05, 4.69) is 22.4 Å². The number of fused-ring (bicyclic) bond motifs is 1. The van der Waals surface area contributed by atoms with Gasteiger partial charge >= 0.3 is 5.97 Å². The second-order valence-corrected chi connectivity index (χ2v) is 5.04. The van der Waals surface area contributed by atoms with Gasteiger partial charge in [0.25, 0.3) is 5.91 Å². The average Bonchev–Trinajstić information content (AvgIpc) is 2.48. The van der Waals surface area contributed by atoms with E-state index in [1.807, 2.05) is 12.1 Å². The lowest BCUT2D eigenvalue weighted by Gasteiger charge is -2.30. The molecule has 1 amide bonds. The molecule has 5 nitrogen and oxygen atoms in total. The summed E-state index contributed by atoms with van der Waals surface area (Å²) in [6.45, 7) is 0.556. The molecule has 3 rings (SSSR count). The number of carboxylic acids is 1.